The molecule has 176 valence electrons. The SMILES string of the molecule is CN1CCCC(Cc2ccc(CCC3CCC(C(C)(C)C)C[C@@H](C=O)C3)cc2)CCC1.[HH]. The molecule has 0 bridgehead atoms. The van der Waals surface area contributed by atoms with Gasteiger partial charge in [0.2, 0.25) is 0 Å². The zero-order valence-electron chi connectivity index (χ0n) is 20.7. The lowest BCUT2D eigenvalue weighted by atomic mass is 9.75. The summed E-state index contributed by atoms with van der Waals surface area (Å²) in [6, 6.07) is 9.52. The number of hydrogen-bond donors (Lipinski definition) is 0. The highest BCUT2D eigenvalue weighted by Crippen LogP contribution is 2.41. The van der Waals surface area contributed by atoms with Crippen molar-refractivity contribution in [1.82, 2.24) is 4.90 Å². The fraction of sp³-hybridized carbons (Fsp3) is 0.759. The molecule has 2 heteroatoms. The summed E-state index contributed by atoms with van der Waals surface area (Å²) in [6.07, 6.45) is 15.1. The Balaban J connectivity index is 0.00000363. The third-order valence-electron chi connectivity index (χ3n) is 8.26. The zero-order chi connectivity index (χ0) is 22.3. The number of aldehydes is 1. The first-order chi connectivity index (χ1) is 14.8. The van der Waals surface area contributed by atoms with Crippen LogP contribution in [0, 0.1) is 29.1 Å². The van der Waals surface area contributed by atoms with E-state index in [9.17, 15) is 4.79 Å². The molecular weight excluding hydrogens is 378 g/mol. The van der Waals surface area contributed by atoms with Crippen LogP contribution in [0.15, 0.2) is 24.3 Å². The molecule has 2 aliphatic rings. The minimum Gasteiger partial charge on any atom is -0.306 e. The molecule has 1 aromatic carbocycles. The molecule has 1 aliphatic carbocycles. The van der Waals surface area contributed by atoms with Crippen LogP contribution in [0.4, 0.5) is 0 Å². The molecular formula is C29H49NO. The molecule has 1 aliphatic heterocycles. The Morgan fingerprint density at radius 3 is 2.19 bits per heavy atom. The lowest BCUT2D eigenvalue weighted by molar-refractivity contribution is -0.112. The summed E-state index contributed by atoms with van der Waals surface area (Å²) in [5.74, 6) is 2.51. The fourth-order valence-electron chi connectivity index (χ4n) is 6.03. The van der Waals surface area contributed by atoms with E-state index in [1.807, 2.05) is 0 Å². The topological polar surface area (TPSA) is 20.3 Å². The largest absolute Gasteiger partial charge is 0.306 e. The van der Waals surface area contributed by atoms with Crippen molar-refractivity contribution in [2.75, 3.05) is 20.1 Å². The number of carbonyl (C=O) groups excluding carboxylic acids is 1. The van der Waals surface area contributed by atoms with Gasteiger partial charge in [-0.3, -0.25) is 0 Å². The van der Waals surface area contributed by atoms with Crippen molar-refractivity contribution in [2.45, 2.75) is 91.4 Å². The van der Waals surface area contributed by atoms with Gasteiger partial charge in [0.25, 0.3) is 0 Å². The van der Waals surface area contributed by atoms with E-state index in [0.29, 0.717) is 17.3 Å². The monoisotopic (exact) mass is 427 g/mol. The van der Waals surface area contributed by atoms with Crippen LogP contribution in [0.25, 0.3) is 0 Å². The van der Waals surface area contributed by atoms with E-state index >= 15 is 0 Å². The van der Waals surface area contributed by atoms with Crippen molar-refractivity contribution in [3.63, 3.8) is 0 Å². The van der Waals surface area contributed by atoms with Crippen molar-refractivity contribution in [3.8, 4) is 0 Å². The summed E-state index contributed by atoms with van der Waals surface area (Å²) in [4.78, 5) is 14.1. The van der Waals surface area contributed by atoms with Crippen molar-refractivity contribution in [3.05, 3.63) is 35.4 Å². The number of benzene rings is 1. The summed E-state index contributed by atoms with van der Waals surface area (Å²) >= 11 is 0. The Morgan fingerprint density at radius 1 is 0.935 bits per heavy atom. The van der Waals surface area contributed by atoms with Crippen LogP contribution in [0.2, 0.25) is 0 Å². The summed E-state index contributed by atoms with van der Waals surface area (Å²) in [5.41, 5.74) is 3.31. The molecule has 0 N–H and O–H groups in total. The molecule has 31 heavy (non-hydrogen) atoms. The Bertz CT molecular complexity index is 655. The third-order valence-corrected chi connectivity index (χ3v) is 8.26. The molecule has 2 nitrogen and oxygen atoms in total. The van der Waals surface area contributed by atoms with E-state index in [2.05, 4.69) is 57.0 Å². The first kappa shape index (κ1) is 24.5. The van der Waals surface area contributed by atoms with Crippen LogP contribution < -0.4 is 0 Å². The highest BCUT2D eigenvalue weighted by atomic mass is 16.1. The van der Waals surface area contributed by atoms with Gasteiger partial charge in [-0.1, -0.05) is 51.5 Å². The fourth-order valence-corrected chi connectivity index (χ4v) is 6.03. The first-order valence-corrected chi connectivity index (χ1v) is 13.0. The highest BCUT2D eigenvalue weighted by Gasteiger charge is 2.32. The Hall–Kier alpha value is -1.15. The van der Waals surface area contributed by atoms with Gasteiger partial charge in [-0.05, 0) is 119 Å². The number of nitrogens with zero attached hydrogens (tertiary/aromatic N) is 1. The van der Waals surface area contributed by atoms with Gasteiger partial charge in [-0.25, -0.2) is 0 Å². The number of likely N-dealkylation sites (tertiary alicyclic amines) is 1. The minimum absolute atomic E-state index is 0. The van der Waals surface area contributed by atoms with Crippen LogP contribution in [-0.2, 0) is 17.6 Å². The smallest absolute Gasteiger partial charge is 0.123 e. The van der Waals surface area contributed by atoms with E-state index < -0.39 is 0 Å². The Labute approximate surface area is 193 Å². The summed E-state index contributed by atoms with van der Waals surface area (Å²) in [7, 11) is 2.26. The van der Waals surface area contributed by atoms with Crippen molar-refractivity contribution < 1.29 is 6.22 Å². The third kappa shape index (κ3) is 8.04. The Kier molecular flexibility index (Phi) is 9.19. The molecule has 1 saturated heterocycles. The van der Waals surface area contributed by atoms with Gasteiger partial charge in [0.15, 0.2) is 0 Å². The van der Waals surface area contributed by atoms with E-state index in [1.54, 1.807) is 0 Å². The van der Waals surface area contributed by atoms with Crippen molar-refractivity contribution in [2.24, 2.45) is 29.1 Å². The van der Waals surface area contributed by atoms with Crippen molar-refractivity contribution >= 4 is 6.29 Å². The number of aryl methyl sites for hydroxylation is 1. The summed E-state index contributed by atoms with van der Waals surface area (Å²) in [6.45, 7) is 9.56. The van der Waals surface area contributed by atoms with Crippen LogP contribution in [0.1, 0.15) is 91.1 Å². The second kappa shape index (κ2) is 11.6. The van der Waals surface area contributed by atoms with Gasteiger partial charge < -0.3 is 9.69 Å². The number of rotatable bonds is 6. The van der Waals surface area contributed by atoms with E-state index in [0.717, 1.165) is 25.2 Å². The van der Waals surface area contributed by atoms with Gasteiger partial charge in [-0.15, -0.1) is 0 Å². The molecule has 3 rings (SSSR count). The van der Waals surface area contributed by atoms with E-state index in [4.69, 9.17) is 0 Å². The highest BCUT2D eigenvalue weighted by molar-refractivity contribution is 5.53. The van der Waals surface area contributed by atoms with Gasteiger partial charge in [0.1, 0.15) is 6.29 Å². The average Bonchev–Trinajstić information content (AvgIpc) is 2.94. The predicted octanol–water partition coefficient (Wildman–Crippen LogP) is 7.20. The lowest BCUT2D eigenvalue weighted by Crippen LogP contribution is -2.25. The summed E-state index contributed by atoms with van der Waals surface area (Å²) < 4.78 is 0. The zero-order valence-corrected chi connectivity index (χ0v) is 20.7. The van der Waals surface area contributed by atoms with Crippen LogP contribution in [0.5, 0.6) is 0 Å². The van der Waals surface area contributed by atoms with Gasteiger partial charge in [0, 0.05) is 7.34 Å². The number of carbonyl (C=O) groups is 1. The molecule has 2 unspecified atom stereocenters. The maximum Gasteiger partial charge on any atom is 0.123 e. The van der Waals surface area contributed by atoms with E-state index in [-0.39, 0.29) is 7.34 Å². The molecule has 1 heterocycles. The molecule has 3 atom stereocenters. The second-order valence-electron chi connectivity index (χ2n) is 11.9. The summed E-state index contributed by atoms with van der Waals surface area (Å²) in [5, 5.41) is 0. The maximum absolute atomic E-state index is 11.7. The molecule has 0 spiro atoms. The Morgan fingerprint density at radius 2 is 1.58 bits per heavy atom. The maximum atomic E-state index is 11.7. The molecule has 0 radical (unpaired) electrons. The molecule has 0 amide bonds. The molecule has 1 saturated carbocycles. The molecule has 1 aromatic rings. The van der Waals surface area contributed by atoms with E-state index in [1.165, 1.54) is 81.9 Å². The van der Waals surface area contributed by atoms with Crippen LogP contribution >= 0.6 is 0 Å². The molecule has 2 fully saturated rings. The van der Waals surface area contributed by atoms with Gasteiger partial charge >= 0.3 is 0 Å². The standard InChI is InChI=1S/C29H47NO.H2/c1-29(2,3)28-16-15-26(20-27(21-28)22-31)14-11-23-9-12-25(13-10-23)19-24-7-5-17-30(4)18-6-8-24;/h9-10,12-13,22,24,26-28H,5-8,11,14-21H2,1-4H3;1H/t26?,27-,28?;/m0./s1. The second-order valence-corrected chi connectivity index (χ2v) is 11.9. The van der Waals surface area contributed by atoms with Crippen LogP contribution in [0.3, 0.4) is 0 Å². The van der Waals surface area contributed by atoms with Gasteiger partial charge in [-0.2, -0.15) is 0 Å². The normalized spacial score (nSPS) is 27.3. The van der Waals surface area contributed by atoms with Crippen molar-refractivity contribution in [1.29, 1.82) is 0 Å². The first-order valence-electron chi connectivity index (χ1n) is 13.0. The average molecular weight is 428 g/mol. The van der Waals surface area contributed by atoms with Gasteiger partial charge in [0.05, 0.1) is 0 Å². The predicted molar refractivity (Wildman–Crippen MR) is 134 cm³/mol. The number of hydrogen-bond acceptors (Lipinski definition) is 2. The minimum atomic E-state index is 0. The lowest BCUT2D eigenvalue weighted by Gasteiger charge is -2.30. The molecule has 0 aromatic heterocycles. The quantitative estimate of drug-likeness (QED) is 0.353. The van der Waals surface area contributed by atoms with Crippen LogP contribution in [-0.4, -0.2) is 31.3 Å².